The zero-order chi connectivity index (χ0) is 7.61. The van der Waals surface area contributed by atoms with Gasteiger partial charge in [-0.15, -0.1) is 0 Å². The molecule has 0 heterocycles. The van der Waals surface area contributed by atoms with E-state index in [0.717, 1.165) is 11.2 Å². The minimum Gasteiger partial charge on any atom is -0.0922 e. The zero-order valence-electron chi connectivity index (χ0n) is 6.99. The van der Waals surface area contributed by atoms with Crippen molar-refractivity contribution in [2.45, 2.75) is 39.5 Å². The summed E-state index contributed by atoms with van der Waals surface area (Å²) in [5, 5.41) is 1.15. The topological polar surface area (TPSA) is 0 Å². The van der Waals surface area contributed by atoms with Crippen molar-refractivity contribution in [2.75, 3.05) is 5.33 Å². The zero-order valence-corrected chi connectivity index (χ0v) is 8.58. The number of hydrogen-bond acceptors (Lipinski definition) is 0. The highest BCUT2D eigenvalue weighted by Crippen LogP contribution is 2.37. The van der Waals surface area contributed by atoms with Gasteiger partial charge in [0, 0.05) is 5.33 Å². The molecule has 0 unspecified atom stereocenters. The van der Waals surface area contributed by atoms with Gasteiger partial charge in [-0.2, -0.15) is 0 Å². The third-order valence-corrected chi connectivity index (χ3v) is 3.81. The van der Waals surface area contributed by atoms with Gasteiger partial charge in [-0.25, -0.2) is 0 Å². The summed E-state index contributed by atoms with van der Waals surface area (Å²) in [6.07, 6.45) is 5.85. The molecule has 0 spiro atoms. The van der Waals surface area contributed by atoms with Crippen molar-refractivity contribution in [1.82, 2.24) is 0 Å². The van der Waals surface area contributed by atoms with Crippen LogP contribution in [0.15, 0.2) is 0 Å². The van der Waals surface area contributed by atoms with E-state index in [1.807, 2.05) is 0 Å². The molecule has 1 fully saturated rings. The van der Waals surface area contributed by atoms with Crippen LogP contribution in [0.4, 0.5) is 0 Å². The molecule has 0 bridgehead atoms. The van der Waals surface area contributed by atoms with Crippen molar-refractivity contribution in [3.8, 4) is 0 Å². The summed E-state index contributed by atoms with van der Waals surface area (Å²) in [7, 11) is 0. The summed E-state index contributed by atoms with van der Waals surface area (Å²) < 4.78 is 0. The van der Waals surface area contributed by atoms with E-state index in [0.29, 0.717) is 5.41 Å². The van der Waals surface area contributed by atoms with Gasteiger partial charge >= 0.3 is 0 Å². The average Bonchev–Trinajstić information content (AvgIpc) is 2.66. The lowest BCUT2D eigenvalue weighted by Crippen LogP contribution is -2.12. The molecule has 0 amide bonds. The molecule has 0 aromatic rings. The molecule has 0 nitrogen and oxygen atoms in total. The van der Waals surface area contributed by atoms with Crippen LogP contribution in [0.25, 0.3) is 0 Å². The first-order valence-electron chi connectivity index (χ1n) is 4.20. The summed E-state index contributed by atoms with van der Waals surface area (Å²) in [5.74, 6) is 1.10. The molecule has 0 aliphatic heterocycles. The minimum atomic E-state index is 0.530. The molecule has 1 aliphatic rings. The van der Waals surface area contributed by atoms with Crippen molar-refractivity contribution < 1.29 is 0 Å². The third-order valence-electron chi connectivity index (χ3n) is 2.29. The number of halogens is 1. The molecule has 0 radical (unpaired) electrons. The Morgan fingerprint density at radius 1 is 1.40 bits per heavy atom. The fourth-order valence-electron chi connectivity index (χ4n) is 1.07. The maximum absolute atomic E-state index is 3.54. The molecule has 60 valence electrons. The predicted molar refractivity (Wildman–Crippen MR) is 49.5 cm³/mol. The highest BCUT2D eigenvalue weighted by molar-refractivity contribution is 9.09. The molecule has 0 atom stereocenters. The molecule has 0 saturated heterocycles. The molecule has 10 heavy (non-hydrogen) atoms. The second-order valence-corrected chi connectivity index (χ2v) is 4.84. The summed E-state index contributed by atoms with van der Waals surface area (Å²) >= 11 is 3.54. The van der Waals surface area contributed by atoms with Gasteiger partial charge in [0.25, 0.3) is 0 Å². The first kappa shape index (κ1) is 8.58. The van der Waals surface area contributed by atoms with Crippen molar-refractivity contribution in [3.63, 3.8) is 0 Å². The monoisotopic (exact) mass is 204 g/mol. The fraction of sp³-hybridized carbons (Fsp3) is 1.00. The number of rotatable bonds is 4. The Bertz CT molecular complexity index is 103. The van der Waals surface area contributed by atoms with Crippen molar-refractivity contribution in [1.29, 1.82) is 0 Å². The molecule has 1 heteroatoms. The van der Waals surface area contributed by atoms with Crippen molar-refractivity contribution in [3.05, 3.63) is 0 Å². The van der Waals surface area contributed by atoms with Crippen LogP contribution in [0.3, 0.4) is 0 Å². The molecular formula is C9H17Br. The van der Waals surface area contributed by atoms with Crippen LogP contribution >= 0.6 is 15.9 Å². The van der Waals surface area contributed by atoms with Gasteiger partial charge in [0.05, 0.1) is 0 Å². The lowest BCUT2D eigenvalue weighted by molar-refractivity contribution is 0.366. The van der Waals surface area contributed by atoms with Crippen LogP contribution in [-0.2, 0) is 0 Å². The number of alkyl halides is 1. The van der Waals surface area contributed by atoms with Crippen LogP contribution in [0.5, 0.6) is 0 Å². The van der Waals surface area contributed by atoms with Crippen LogP contribution < -0.4 is 0 Å². The quantitative estimate of drug-likeness (QED) is 0.615. The van der Waals surface area contributed by atoms with E-state index >= 15 is 0 Å². The SMILES string of the molecule is CC(C)(CBr)CCC1CC1. The van der Waals surface area contributed by atoms with E-state index in [-0.39, 0.29) is 0 Å². The maximum atomic E-state index is 3.54. The van der Waals surface area contributed by atoms with E-state index < -0.39 is 0 Å². The first-order valence-corrected chi connectivity index (χ1v) is 5.32. The molecule has 0 N–H and O–H groups in total. The largest absolute Gasteiger partial charge is 0.0922 e. The van der Waals surface area contributed by atoms with E-state index in [1.54, 1.807) is 0 Å². The predicted octanol–water partition coefficient (Wildman–Crippen LogP) is 3.60. The highest BCUT2D eigenvalue weighted by atomic mass is 79.9. The Hall–Kier alpha value is 0.480. The normalized spacial score (nSPS) is 19.5. The average molecular weight is 205 g/mol. The molecule has 1 saturated carbocycles. The van der Waals surface area contributed by atoms with Crippen molar-refractivity contribution in [2.24, 2.45) is 11.3 Å². The maximum Gasteiger partial charge on any atom is 0.00826 e. The van der Waals surface area contributed by atoms with Crippen LogP contribution in [0.1, 0.15) is 39.5 Å². The van der Waals surface area contributed by atoms with Gasteiger partial charge in [-0.1, -0.05) is 42.6 Å². The van der Waals surface area contributed by atoms with Crippen LogP contribution in [0, 0.1) is 11.3 Å². The van der Waals surface area contributed by atoms with Gasteiger partial charge in [-0.3, -0.25) is 0 Å². The Balaban J connectivity index is 2.09. The Morgan fingerprint density at radius 3 is 2.40 bits per heavy atom. The fourth-order valence-corrected chi connectivity index (χ4v) is 1.35. The second kappa shape index (κ2) is 3.25. The second-order valence-electron chi connectivity index (χ2n) is 4.28. The highest BCUT2D eigenvalue weighted by Gasteiger charge is 2.24. The van der Waals surface area contributed by atoms with E-state index in [9.17, 15) is 0 Å². The first-order chi connectivity index (χ1) is 4.64. The third kappa shape index (κ3) is 3.05. The minimum absolute atomic E-state index is 0.530. The standard InChI is InChI=1S/C9H17Br/c1-9(2,7-10)6-5-8-3-4-8/h8H,3-7H2,1-2H3. The lowest BCUT2D eigenvalue weighted by atomic mass is 9.89. The van der Waals surface area contributed by atoms with E-state index in [2.05, 4.69) is 29.8 Å². The number of hydrogen-bond donors (Lipinski definition) is 0. The van der Waals surface area contributed by atoms with Crippen molar-refractivity contribution >= 4 is 15.9 Å². The van der Waals surface area contributed by atoms with Gasteiger partial charge in [0.1, 0.15) is 0 Å². The lowest BCUT2D eigenvalue weighted by Gasteiger charge is -2.20. The summed E-state index contributed by atoms with van der Waals surface area (Å²) in [5.41, 5.74) is 0.530. The van der Waals surface area contributed by atoms with Gasteiger partial charge < -0.3 is 0 Å². The Morgan fingerprint density at radius 2 is 2.00 bits per heavy atom. The Labute approximate surface area is 72.5 Å². The van der Waals surface area contributed by atoms with E-state index in [1.165, 1.54) is 25.7 Å². The van der Waals surface area contributed by atoms with Crippen LogP contribution in [0.2, 0.25) is 0 Å². The van der Waals surface area contributed by atoms with Gasteiger partial charge in [0.15, 0.2) is 0 Å². The molecule has 0 aromatic heterocycles. The van der Waals surface area contributed by atoms with Gasteiger partial charge in [-0.05, 0) is 24.2 Å². The van der Waals surface area contributed by atoms with E-state index in [4.69, 9.17) is 0 Å². The Kier molecular flexibility index (Phi) is 2.79. The molecule has 1 rings (SSSR count). The summed E-state index contributed by atoms with van der Waals surface area (Å²) in [4.78, 5) is 0. The summed E-state index contributed by atoms with van der Waals surface area (Å²) in [6.45, 7) is 4.67. The summed E-state index contributed by atoms with van der Waals surface area (Å²) in [6, 6.07) is 0. The smallest absolute Gasteiger partial charge is 0.00826 e. The molecule has 1 aliphatic carbocycles. The molecular weight excluding hydrogens is 188 g/mol. The van der Waals surface area contributed by atoms with Gasteiger partial charge in [0.2, 0.25) is 0 Å². The van der Waals surface area contributed by atoms with Crippen LogP contribution in [-0.4, -0.2) is 5.33 Å². The molecule has 0 aromatic carbocycles.